The predicted molar refractivity (Wildman–Crippen MR) is 167 cm³/mol. The van der Waals surface area contributed by atoms with Crippen LogP contribution in [0.2, 0.25) is 0 Å². The second-order valence-electron chi connectivity index (χ2n) is 9.83. The monoisotopic (exact) mass is 659 g/mol. The Kier molecular flexibility index (Phi) is 11.8. The second kappa shape index (κ2) is 15.1. The Hall–Kier alpha value is -3.57. The molecule has 0 bridgehead atoms. The molecule has 0 aliphatic carbocycles. The lowest BCUT2D eigenvalue weighted by Crippen LogP contribution is -2.51. The summed E-state index contributed by atoms with van der Waals surface area (Å²) in [6.07, 6.45) is 1.72. The smallest absolute Gasteiger partial charge is 0.264 e. The minimum Gasteiger partial charge on any atom is -0.497 e. The number of methoxy groups -OCH3 is 2. The number of aryl methyl sites for hydroxylation is 1. The summed E-state index contributed by atoms with van der Waals surface area (Å²) < 4.78 is 40.1. The second-order valence-corrected chi connectivity index (χ2v) is 12.6. The van der Waals surface area contributed by atoms with Crippen LogP contribution in [0.15, 0.2) is 76.1 Å². The van der Waals surface area contributed by atoms with Gasteiger partial charge in [0.2, 0.25) is 11.8 Å². The lowest BCUT2D eigenvalue weighted by atomic mass is 10.1. The van der Waals surface area contributed by atoms with Crippen molar-refractivity contribution in [3.8, 4) is 11.5 Å². The van der Waals surface area contributed by atoms with Crippen LogP contribution >= 0.6 is 15.9 Å². The van der Waals surface area contributed by atoms with E-state index < -0.39 is 28.5 Å². The topological polar surface area (TPSA) is 105 Å². The summed E-state index contributed by atoms with van der Waals surface area (Å²) in [6, 6.07) is 17.6. The van der Waals surface area contributed by atoms with E-state index in [1.54, 1.807) is 56.5 Å². The molecule has 2 amide bonds. The number of benzene rings is 3. The number of hydrogen-bond donors (Lipinski definition) is 1. The fourth-order valence-electron chi connectivity index (χ4n) is 4.22. The van der Waals surface area contributed by atoms with E-state index in [0.29, 0.717) is 28.2 Å². The number of hydrogen-bond acceptors (Lipinski definition) is 6. The van der Waals surface area contributed by atoms with E-state index in [4.69, 9.17) is 9.47 Å². The first-order valence-electron chi connectivity index (χ1n) is 13.6. The van der Waals surface area contributed by atoms with E-state index >= 15 is 0 Å². The van der Waals surface area contributed by atoms with Crippen molar-refractivity contribution in [2.75, 3.05) is 31.6 Å². The van der Waals surface area contributed by atoms with Crippen LogP contribution < -0.4 is 19.1 Å². The normalized spacial score (nSPS) is 11.9. The van der Waals surface area contributed by atoms with Crippen LogP contribution in [-0.4, -0.2) is 58.5 Å². The SMILES string of the molecule is CCCCNC(=O)[C@H](C)N(Cc1ccc(OC)cc1)C(=O)CN(c1ccc(C)cc1)S(=O)(=O)c1ccc(OC)c(Br)c1. The molecule has 226 valence electrons. The Balaban J connectivity index is 2.02. The van der Waals surface area contributed by atoms with Gasteiger partial charge in [-0.2, -0.15) is 0 Å². The molecule has 3 rings (SSSR count). The van der Waals surface area contributed by atoms with Crippen molar-refractivity contribution < 1.29 is 27.5 Å². The zero-order valence-corrected chi connectivity index (χ0v) is 27.0. The van der Waals surface area contributed by atoms with E-state index in [2.05, 4.69) is 21.2 Å². The molecule has 9 nitrogen and oxygen atoms in total. The fourth-order valence-corrected chi connectivity index (χ4v) is 6.35. The molecule has 3 aromatic rings. The lowest BCUT2D eigenvalue weighted by molar-refractivity contribution is -0.139. The number of ether oxygens (including phenoxy) is 2. The van der Waals surface area contributed by atoms with Crippen LogP contribution in [0.1, 0.15) is 37.8 Å². The summed E-state index contributed by atoms with van der Waals surface area (Å²) in [7, 11) is -1.15. The highest BCUT2D eigenvalue weighted by Gasteiger charge is 2.32. The third kappa shape index (κ3) is 8.25. The molecule has 0 unspecified atom stereocenters. The van der Waals surface area contributed by atoms with Crippen molar-refractivity contribution in [2.24, 2.45) is 0 Å². The first kappa shape index (κ1) is 32.9. The van der Waals surface area contributed by atoms with E-state index in [0.717, 1.165) is 28.3 Å². The predicted octanol–water partition coefficient (Wildman–Crippen LogP) is 5.30. The van der Waals surface area contributed by atoms with Gasteiger partial charge in [0.1, 0.15) is 24.1 Å². The van der Waals surface area contributed by atoms with Crippen molar-refractivity contribution in [1.82, 2.24) is 10.2 Å². The molecule has 1 N–H and O–H groups in total. The maximum atomic E-state index is 14.0. The number of rotatable bonds is 14. The number of carbonyl (C=O) groups is 2. The molecule has 0 aliphatic heterocycles. The van der Waals surface area contributed by atoms with Crippen molar-refractivity contribution in [2.45, 2.75) is 51.1 Å². The molecule has 3 aromatic carbocycles. The Labute approximate surface area is 257 Å². The fraction of sp³-hybridized carbons (Fsp3) is 0.355. The van der Waals surface area contributed by atoms with Crippen molar-refractivity contribution in [3.63, 3.8) is 0 Å². The molecule has 0 spiro atoms. The molecule has 0 aliphatic rings. The van der Waals surface area contributed by atoms with E-state index in [9.17, 15) is 18.0 Å². The molecule has 0 aromatic heterocycles. The molecular formula is C31H38BrN3O6S. The molecule has 0 saturated carbocycles. The van der Waals surface area contributed by atoms with Gasteiger partial charge in [-0.25, -0.2) is 8.42 Å². The van der Waals surface area contributed by atoms with E-state index in [-0.39, 0.29) is 17.3 Å². The van der Waals surface area contributed by atoms with Crippen molar-refractivity contribution >= 4 is 43.5 Å². The van der Waals surface area contributed by atoms with Crippen LogP contribution in [0.25, 0.3) is 0 Å². The number of halogens is 1. The summed E-state index contributed by atoms with van der Waals surface area (Å²) in [5.74, 6) is 0.291. The lowest BCUT2D eigenvalue weighted by Gasteiger charge is -2.32. The number of nitrogens with one attached hydrogen (secondary N) is 1. The average molecular weight is 661 g/mol. The Morgan fingerprint density at radius 1 is 0.976 bits per heavy atom. The zero-order chi connectivity index (χ0) is 30.9. The van der Waals surface area contributed by atoms with Gasteiger partial charge in [-0.3, -0.25) is 13.9 Å². The van der Waals surface area contributed by atoms with Crippen LogP contribution in [-0.2, 0) is 26.2 Å². The quantitative estimate of drug-likeness (QED) is 0.235. The van der Waals surface area contributed by atoms with Crippen LogP contribution in [0.4, 0.5) is 5.69 Å². The summed E-state index contributed by atoms with van der Waals surface area (Å²) in [5, 5.41) is 2.89. The number of sulfonamides is 1. The summed E-state index contributed by atoms with van der Waals surface area (Å²) in [5.41, 5.74) is 2.03. The number of carbonyl (C=O) groups excluding carboxylic acids is 2. The largest absolute Gasteiger partial charge is 0.497 e. The van der Waals surface area contributed by atoms with Crippen LogP contribution in [0, 0.1) is 6.92 Å². The van der Waals surface area contributed by atoms with Gasteiger partial charge in [0.05, 0.1) is 29.3 Å². The Morgan fingerprint density at radius 3 is 2.21 bits per heavy atom. The van der Waals surface area contributed by atoms with Gasteiger partial charge < -0.3 is 19.7 Å². The van der Waals surface area contributed by atoms with Gasteiger partial charge in [0.15, 0.2) is 0 Å². The minimum atomic E-state index is -4.21. The van der Waals surface area contributed by atoms with Gasteiger partial charge in [0, 0.05) is 13.1 Å². The van der Waals surface area contributed by atoms with E-state index in [1.807, 2.05) is 26.0 Å². The molecule has 0 heterocycles. The summed E-state index contributed by atoms with van der Waals surface area (Å²) in [4.78, 5) is 28.5. The maximum absolute atomic E-state index is 14.0. The van der Waals surface area contributed by atoms with Crippen molar-refractivity contribution in [3.05, 3.63) is 82.3 Å². The standard InChI is InChI=1S/C31H38BrN3O6S/c1-6-7-18-33-31(37)23(3)34(20-24-10-14-26(40-4)15-11-24)30(36)21-35(25-12-8-22(2)9-13-25)42(38,39)27-16-17-29(41-5)28(32)19-27/h8-17,19,23H,6-7,18,20-21H2,1-5H3,(H,33,37)/t23-/m0/s1. The highest BCUT2D eigenvalue weighted by molar-refractivity contribution is 9.10. The first-order valence-corrected chi connectivity index (χ1v) is 15.9. The van der Waals surface area contributed by atoms with Crippen LogP contribution in [0.5, 0.6) is 11.5 Å². The van der Waals surface area contributed by atoms with Gasteiger partial charge >= 0.3 is 0 Å². The van der Waals surface area contributed by atoms with Gasteiger partial charge in [-0.1, -0.05) is 43.2 Å². The molecule has 0 fully saturated rings. The van der Waals surface area contributed by atoms with Crippen LogP contribution in [0.3, 0.4) is 0 Å². The number of amides is 2. The molecule has 11 heteroatoms. The van der Waals surface area contributed by atoms with Crippen molar-refractivity contribution in [1.29, 1.82) is 0 Å². The number of unbranched alkanes of at least 4 members (excludes halogenated alkanes) is 1. The molecular weight excluding hydrogens is 622 g/mol. The van der Waals surface area contributed by atoms with Gasteiger partial charge in [-0.05, 0) is 84.2 Å². The van der Waals surface area contributed by atoms with E-state index in [1.165, 1.54) is 24.1 Å². The average Bonchev–Trinajstić information content (AvgIpc) is 2.99. The first-order chi connectivity index (χ1) is 20.0. The third-order valence-corrected chi connectivity index (χ3v) is 9.21. The molecule has 42 heavy (non-hydrogen) atoms. The molecule has 0 saturated heterocycles. The Bertz CT molecular complexity index is 1460. The summed E-state index contributed by atoms with van der Waals surface area (Å²) in [6.45, 7) is 5.63. The zero-order valence-electron chi connectivity index (χ0n) is 24.6. The molecule has 1 atom stereocenters. The maximum Gasteiger partial charge on any atom is 0.264 e. The number of nitrogens with zero attached hydrogens (tertiary/aromatic N) is 2. The van der Waals surface area contributed by atoms with Gasteiger partial charge in [-0.15, -0.1) is 0 Å². The third-order valence-electron chi connectivity index (χ3n) is 6.82. The minimum absolute atomic E-state index is 0.0180. The highest BCUT2D eigenvalue weighted by Crippen LogP contribution is 2.31. The highest BCUT2D eigenvalue weighted by atomic mass is 79.9. The molecule has 0 radical (unpaired) electrons. The Morgan fingerprint density at radius 2 is 1.64 bits per heavy atom. The number of anilines is 1. The summed E-state index contributed by atoms with van der Waals surface area (Å²) >= 11 is 3.36. The van der Waals surface area contributed by atoms with Gasteiger partial charge in [0.25, 0.3) is 10.0 Å².